The second-order valence-corrected chi connectivity index (χ2v) is 7.65. The lowest BCUT2D eigenvalue weighted by Gasteiger charge is -2.27. The van der Waals surface area contributed by atoms with E-state index in [-0.39, 0.29) is 24.7 Å². The van der Waals surface area contributed by atoms with Gasteiger partial charge in [-0.25, -0.2) is 13.1 Å². The maximum atomic E-state index is 12.2. The van der Waals surface area contributed by atoms with E-state index < -0.39 is 22.1 Å². The number of hydrogen-bond donors (Lipinski definition) is 2. The Labute approximate surface area is 158 Å². The minimum absolute atomic E-state index is 0.0528. The van der Waals surface area contributed by atoms with Gasteiger partial charge in [-0.1, -0.05) is 6.07 Å². The second-order valence-electron chi connectivity index (χ2n) is 5.72. The van der Waals surface area contributed by atoms with Gasteiger partial charge in [0.05, 0.1) is 19.4 Å². The summed E-state index contributed by atoms with van der Waals surface area (Å²) < 4.78 is 47.6. The predicted octanol–water partition coefficient (Wildman–Crippen LogP) is 0.246. The number of methoxy groups -OCH3 is 3. The summed E-state index contributed by atoms with van der Waals surface area (Å²) in [6, 6.07) is 6.58. The minimum atomic E-state index is -3.66. The normalized spacial score (nSPS) is 22.0. The van der Waals surface area contributed by atoms with Crippen molar-refractivity contribution < 1.29 is 32.2 Å². The maximum absolute atomic E-state index is 12.2. The molecule has 1 aliphatic heterocycles. The van der Waals surface area contributed by atoms with Crippen molar-refractivity contribution in [2.75, 3.05) is 40.2 Å². The molecule has 0 spiro atoms. The third-order valence-electron chi connectivity index (χ3n) is 3.93. The highest BCUT2D eigenvalue weighted by Gasteiger charge is 2.36. The Morgan fingerprint density at radius 3 is 2.70 bits per heavy atom. The fourth-order valence-corrected chi connectivity index (χ4v) is 3.30. The van der Waals surface area contributed by atoms with Crippen molar-refractivity contribution in [1.82, 2.24) is 10.0 Å². The molecule has 1 aromatic carbocycles. The van der Waals surface area contributed by atoms with Gasteiger partial charge in [-0.3, -0.25) is 4.79 Å². The van der Waals surface area contributed by atoms with Gasteiger partial charge in [-0.2, -0.15) is 0 Å². The molecule has 2 atom stereocenters. The third-order valence-corrected chi connectivity index (χ3v) is 5.25. The Morgan fingerprint density at radius 2 is 2.07 bits per heavy atom. The summed E-state index contributed by atoms with van der Waals surface area (Å²) >= 11 is 0. The number of ether oxygens (including phenoxy) is 4. The van der Waals surface area contributed by atoms with Crippen LogP contribution in [0.4, 0.5) is 0 Å². The fourth-order valence-electron chi connectivity index (χ4n) is 2.36. The van der Waals surface area contributed by atoms with Crippen LogP contribution in [0, 0.1) is 0 Å². The van der Waals surface area contributed by atoms with Crippen LogP contribution in [0.25, 0.3) is 0 Å². The topological polar surface area (TPSA) is 112 Å². The quantitative estimate of drug-likeness (QED) is 0.541. The zero-order valence-corrected chi connectivity index (χ0v) is 16.2. The summed E-state index contributed by atoms with van der Waals surface area (Å²) in [5, 5.41) is 2.56. The average Bonchev–Trinajstić information content (AvgIpc) is 3.11. The number of sulfonamides is 1. The first kappa shape index (κ1) is 21.3. The van der Waals surface area contributed by atoms with Crippen molar-refractivity contribution in [3.63, 3.8) is 0 Å². The van der Waals surface area contributed by atoms with E-state index in [2.05, 4.69) is 10.0 Å². The van der Waals surface area contributed by atoms with Gasteiger partial charge in [-0.05, 0) is 30.4 Å². The Hall–Kier alpha value is -1.98. The maximum Gasteiger partial charge on any atom is 0.251 e. The highest BCUT2D eigenvalue weighted by atomic mass is 32.2. The van der Waals surface area contributed by atoms with Crippen LogP contribution in [0.5, 0.6) is 5.75 Å². The molecule has 0 radical (unpaired) electrons. The molecule has 150 valence electrons. The molecule has 0 saturated heterocycles. The number of nitrogens with one attached hydrogen (secondary N) is 2. The molecule has 1 aliphatic rings. The van der Waals surface area contributed by atoms with Crippen molar-refractivity contribution in [3.05, 3.63) is 42.0 Å². The molecule has 0 saturated carbocycles. The third kappa shape index (κ3) is 6.01. The van der Waals surface area contributed by atoms with Gasteiger partial charge in [0.2, 0.25) is 15.8 Å². The summed E-state index contributed by atoms with van der Waals surface area (Å²) in [4.78, 5) is 12.1. The summed E-state index contributed by atoms with van der Waals surface area (Å²) in [5.41, 5.74) is 0.383. The van der Waals surface area contributed by atoms with Crippen LogP contribution in [0.2, 0.25) is 0 Å². The van der Waals surface area contributed by atoms with Gasteiger partial charge >= 0.3 is 0 Å². The number of carbonyl (C=O) groups is 1. The van der Waals surface area contributed by atoms with Crippen molar-refractivity contribution in [1.29, 1.82) is 0 Å². The van der Waals surface area contributed by atoms with E-state index in [9.17, 15) is 13.2 Å². The first-order valence-electron chi connectivity index (χ1n) is 8.18. The van der Waals surface area contributed by atoms with E-state index in [0.717, 1.165) is 0 Å². The van der Waals surface area contributed by atoms with Gasteiger partial charge in [0.25, 0.3) is 5.91 Å². The zero-order chi connectivity index (χ0) is 19.9. The van der Waals surface area contributed by atoms with Gasteiger partial charge in [0.1, 0.15) is 5.75 Å². The molecular formula is C17H24N2O7S. The van der Waals surface area contributed by atoms with E-state index in [0.29, 0.717) is 11.3 Å². The average molecular weight is 400 g/mol. The highest BCUT2D eigenvalue weighted by molar-refractivity contribution is 7.89. The fraction of sp³-hybridized carbons (Fsp3) is 0.471. The largest absolute Gasteiger partial charge is 0.497 e. The standard InChI is InChI=1S/C17H24N2O7S/c1-23-14-6-4-5-13(11-14)16(20)18-9-10-27(21,22)19-12-17(25-3)8-7-15(24-2)26-17/h4-8,11,15,19H,9-10,12H2,1-3H3,(H,18,20)/t15-,17-/m1/s1. The van der Waals surface area contributed by atoms with Crippen molar-refractivity contribution in [2.24, 2.45) is 0 Å². The molecule has 10 heteroatoms. The monoisotopic (exact) mass is 400 g/mol. The highest BCUT2D eigenvalue weighted by Crippen LogP contribution is 2.24. The molecule has 0 bridgehead atoms. The Kier molecular flexibility index (Phi) is 7.33. The smallest absolute Gasteiger partial charge is 0.251 e. The molecule has 0 aliphatic carbocycles. The molecule has 0 fully saturated rings. The van der Waals surface area contributed by atoms with Crippen molar-refractivity contribution in [3.8, 4) is 5.75 Å². The van der Waals surface area contributed by atoms with E-state index in [1.807, 2.05) is 0 Å². The number of benzene rings is 1. The molecule has 1 heterocycles. The lowest BCUT2D eigenvalue weighted by molar-refractivity contribution is -0.237. The van der Waals surface area contributed by atoms with Crippen molar-refractivity contribution in [2.45, 2.75) is 12.1 Å². The van der Waals surface area contributed by atoms with Crippen molar-refractivity contribution >= 4 is 15.9 Å². The zero-order valence-electron chi connectivity index (χ0n) is 15.4. The lowest BCUT2D eigenvalue weighted by Crippen LogP contribution is -2.46. The molecule has 0 unspecified atom stereocenters. The SMILES string of the molecule is COc1cccc(C(=O)NCCS(=O)(=O)NC[C@@]2(OC)C=C[C@H](OC)O2)c1. The first-order valence-corrected chi connectivity index (χ1v) is 9.83. The van der Waals surface area contributed by atoms with Gasteiger partial charge < -0.3 is 24.3 Å². The van der Waals surface area contributed by atoms with Crippen LogP contribution >= 0.6 is 0 Å². The summed E-state index contributed by atoms with van der Waals surface area (Å²) in [6.07, 6.45) is 2.62. The second kappa shape index (κ2) is 9.29. The summed E-state index contributed by atoms with van der Waals surface area (Å²) in [6.45, 7) is -0.172. The van der Waals surface area contributed by atoms with Gasteiger partial charge in [0.15, 0.2) is 6.29 Å². The van der Waals surface area contributed by atoms with Crippen LogP contribution in [0.15, 0.2) is 36.4 Å². The van der Waals surface area contributed by atoms with Crippen LogP contribution in [-0.2, 0) is 24.2 Å². The molecular weight excluding hydrogens is 376 g/mol. The summed E-state index contributed by atoms with van der Waals surface area (Å²) in [5.74, 6) is -1.36. The number of carbonyl (C=O) groups excluding carboxylic acids is 1. The number of hydrogen-bond acceptors (Lipinski definition) is 7. The van der Waals surface area contributed by atoms with Gasteiger partial charge in [0, 0.05) is 26.3 Å². The molecule has 1 amide bonds. The van der Waals surface area contributed by atoms with E-state index in [4.69, 9.17) is 18.9 Å². The molecule has 0 aromatic heterocycles. The van der Waals surface area contributed by atoms with Gasteiger partial charge in [-0.15, -0.1) is 0 Å². The Morgan fingerprint density at radius 1 is 1.30 bits per heavy atom. The van der Waals surface area contributed by atoms with Crippen LogP contribution in [0.3, 0.4) is 0 Å². The summed E-state index contributed by atoms with van der Waals surface area (Å²) in [7, 11) is 0.720. The first-order chi connectivity index (χ1) is 12.8. The number of rotatable bonds is 10. The molecule has 1 aromatic rings. The molecule has 9 nitrogen and oxygen atoms in total. The van der Waals surface area contributed by atoms with Crippen LogP contribution in [0.1, 0.15) is 10.4 Å². The Balaban J connectivity index is 1.82. The Bertz CT molecular complexity index is 781. The van der Waals surface area contributed by atoms with E-state index in [1.165, 1.54) is 21.3 Å². The number of amides is 1. The lowest BCUT2D eigenvalue weighted by atomic mass is 10.2. The van der Waals surface area contributed by atoms with Crippen LogP contribution in [-0.4, -0.2) is 66.6 Å². The van der Waals surface area contributed by atoms with E-state index >= 15 is 0 Å². The molecule has 27 heavy (non-hydrogen) atoms. The van der Waals surface area contributed by atoms with Crippen LogP contribution < -0.4 is 14.8 Å². The predicted molar refractivity (Wildman–Crippen MR) is 97.9 cm³/mol. The molecule has 2 N–H and O–H groups in total. The van der Waals surface area contributed by atoms with E-state index in [1.54, 1.807) is 36.4 Å². The molecule has 2 rings (SSSR count). The minimum Gasteiger partial charge on any atom is -0.497 e.